The molecule has 1 amide bonds. The van der Waals surface area contributed by atoms with Crippen molar-refractivity contribution in [1.29, 1.82) is 0 Å². The number of thiophene rings is 1. The van der Waals surface area contributed by atoms with Crippen LogP contribution in [-0.4, -0.2) is 32.0 Å². The second-order valence-corrected chi connectivity index (χ2v) is 5.24. The predicted molar refractivity (Wildman–Crippen MR) is 71.4 cm³/mol. The molecule has 0 aliphatic carbocycles. The van der Waals surface area contributed by atoms with Crippen molar-refractivity contribution in [1.82, 2.24) is 4.90 Å². The Balaban J connectivity index is 2.61. The summed E-state index contributed by atoms with van der Waals surface area (Å²) in [5.41, 5.74) is 0. The molecule has 0 saturated carbocycles. The zero-order valence-corrected chi connectivity index (χ0v) is 11.4. The van der Waals surface area contributed by atoms with Crippen LogP contribution >= 0.6 is 22.9 Å². The molecule has 1 aromatic heterocycles. The second kappa shape index (κ2) is 4.55. The van der Waals surface area contributed by atoms with Crippen LogP contribution in [0.4, 0.5) is 0 Å². The number of amides is 1. The molecule has 2 aromatic rings. The molecule has 0 aliphatic heterocycles. The maximum atomic E-state index is 11.9. The van der Waals surface area contributed by atoms with Gasteiger partial charge < -0.3 is 9.64 Å². The summed E-state index contributed by atoms with van der Waals surface area (Å²) in [7, 11) is 5.03. The van der Waals surface area contributed by atoms with Gasteiger partial charge in [-0.3, -0.25) is 4.79 Å². The molecule has 2 rings (SSSR count). The van der Waals surface area contributed by atoms with E-state index >= 15 is 0 Å². The van der Waals surface area contributed by atoms with Crippen LogP contribution in [0, 0.1) is 0 Å². The highest BCUT2D eigenvalue weighted by Gasteiger charge is 2.18. The zero-order valence-electron chi connectivity index (χ0n) is 9.78. The van der Waals surface area contributed by atoms with Crippen LogP contribution in [0.2, 0.25) is 5.02 Å². The van der Waals surface area contributed by atoms with Crippen LogP contribution in [0.25, 0.3) is 10.1 Å². The first kappa shape index (κ1) is 12.2. The average molecular weight is 270 g/mol. The van der Waals surface area contributed by atoms with Crippen LogP contribution in [-0.2, 0) is 0 Å². The number of benzene rings is 1. The van der Waals surface area contributed by atoms with E-state index in [9.17, 15) is 4.79 Å². The molecule has 17 heavy (non-hydrogen) atoms. The maximum absolute atomic E-state index is 11.9. The average Bonchev–Trinajstić information content (AvgIpc) is 2.65. The third kappa shape index (κ3) is 2.10. The maximum Gasteiger partial charge on any atom is 0.264 e. The molecule has 90 valence electrons. The summed E-state index contributed by atoms with van der Waals surface area (Å²) in [4.78, 5) is 14.0. The molecule has 0 aliphatic rings. The standard InChI is InChI=1S/C12H12ClNO2S/c1-14(2)12(15)11-10(13)8-6-7(16-3)4-5-9(8)17-11/h4-6H,1-3H3. The van der Waals surface area contributed by atoms with Crippen LogP contribution < -0.4 is 4.74 Å². The van der Waals surface area contributed by atoms with E-state index in [1.807, 2.05) is 18.2 Å². The first-order valence-corrected chi connectivity index (χ1v) is 6.21. The number of carbonyl (C=O) groups is 1. The molecule has 3 nitrogen and oxygen atoms in total. The van der Waals surface area contributed by atoms with Gasteiger partial charge in [0.15, 0.2) is 0 Å². The number of halogens is 1. The molecule has 0 atom stereocenters. The number of hydrogen-bond donors (Lipinski definition) is 0. The fraction of sp³-hybridized carbons (Fsp3) is 0.250. The summed E-state index contributed by atoms with van der Waals surface area (Å²) < 4.78 is 6.13. The highest BCUT2D eigenvalue weighted by atomic mass is 35.5. The van der Waals surface area contributed by atoms with E-state index in [0.717, 1.165) is 15.8 Å². The fourth-order valence-corrected chi connectivity index (χ4v) is 3.02. The first-order valence-electron chi connectivity index (χ1n) is 5.02. The van der Waals surface area contributed by atoms with Gasteiger partial charge in [-0.1, -0.05) is 11.6 Å². The van der Waals surface area contributed by atoms with Gasteiger partial charge in [0.1, 0.15) is 10.6 Å². The quantitative estimate of drug-likeness (QED) is 0.837. The van der Waals surface area contributed by atoms with E-state index in [1.165, 1.54) is 16.2 Å². The van der Waals surface area contributed by atoms with E-state index < -0.39 is 0 Å². The van der Waals surface area contributed by atoms with Crippen molar-refractivity contribution in [2.24, 2.45) is 0 Å². The van der Waals surface area contributed by atoms with E-state index in [1.54, 1.807) is 21.2 Å². The minimum Gasteiger partial charge on any atom is -0.497 e. The smallest absolute Gasteiger partial charge is 0.264 e. The summed E-state index contributed by atoms with van der Waals surface area (Å²) >= 11 is 7.63. The summed E-state index contributed by atoms with van der Waals surface area (Å²) in [5, 5.41) is 1.36. The van der Waals surface area contributed by atoms with Crippen LogP contribution in [0.3, 0.4) is 0 Å². The molecular weight excluding hydrogens is 258 g/mol. The molecular formula is C12H12ClNO2S. The highest BCUT2D eigenvalue weighted by Crippen LogP contribution is 2.37. The van der Waals surface area contributed by atoms with E-state index in [-0.39, 0.29) is 5.91 Å². The molecule has 1 aromatic carbocycles. The third-order valence-corrected chi connectivity index (χ3v) is 4.10. The van der Waals surface area contributed by atoms with Gasteiger partial charge in [0, 0.05) is 24.2 Å². The van der Waals surface area contributed by atoms with Gasteiger partial charge in [-0.25, -0.2) is 0 Å². The number of methoxy groups -OCH3 is 1. The Morgan fingerprint density at radius 1 is 1.41 bits per heavy atom. The van der Waals surface area contributed by atoms with Crippen molar-refractivity contribution >= 4 is 38.9 Å². The monoisotopic (exact) mass is 269 g/mol. The van der Waals surface area contributed by atoms with Gasteiger partial charge in [0.25, 0.3) is 5.91 Å². The van der Waals surface area contributed by atoms with Crippen molar-refractivity contribution in [2.75, 3.05) is 21.2 Å². The molecule has 0 radical (unpaired) electrons. The number of nitrogens with zero attached hydrogens (tertiary/aromatic N) is 1. The lowest BCUT2D eigenvalue weighted by Gasteiger charge is -2.07. The summed E-state index contributed by atoms with van der Waals surface area (Å²) in [6.07, 6.45) is 0. The lowest BCUT2D eigenvalue weighted by Crippen LogP contribution is -2.20. The summed E-state index contributed by atoms with van der Waals surface area (Å²) in [6, 6.07) is 5.62. The number of fused-ring (bicyclic) bond motifs is 1. The topological polar surface area (TPSA) is 29.5 Å². The van der Waals surface area contributed by atoms with Crippen LogP contribution in [0.1, 0.15) is 9.67 Å². The van der Waals surface area contributed by atoms with Crippen LogP contribution in [0.5, 0.6) is 5.75 Å². The normalized spacial score (nSPS) is 10.6. The second-order valence-electron chi connectivity index (χ2n) is 3.81. The number of rotatable bonds is 2. The number of ether oxygens (including phenoxy) is 1. The largest absolute Gasteiger partial charge is 0.497 e. The van der Waals surface area contributed by atoms with Gasteiger partial charge >= 0.3 is 0 Å². The van der Waals surface area contributed by atoms with E-state index in [0.29, 0.717) is 9.90 Å². The highest BCUT2D eigenvalue weighted by molar-refractivity contribution is 7.21. The van der Waals surface area contributed by atoms with Gasteiger partial charge in [0.2, 0.25) is 0 Å². The zero-order chi connectivity index (χ0) is 12.6. The molecule has 0 saturated heterocycles. The Labute approximate surface area is 109 Å². The predicted octanol–water partition coefficient (Wildman–Crippen LogP) is 3.27. The molecule has 5 heteroatoms. The minimum atomic E-state index is -0.0739. The molecule has 0 fully saturated rings. The molecule has 0 bridgehead atoms. The molecule has 1 heterocycles. The third-order valence-electron chi connectivity index (χ3n) is 2.43. The van der Waals surface area contributed by atoms with Gasteiger partial charge in [-0.05, 0) is 18.2 Å². The van der Waals surface area contributed by atoms with E-state index in [4.69, 9.17) is 16.3 Å². The van der Waals surface area contributed by atoms with Crippen molar-refractivity contribution in [3.05, 3.63) is 28.1 Å². The lowest BCUT2D eigenvalue weighted by atomic mass is 10.2. The summed E-state index contributed by atoms with van der Waals surface area (Å²) in [6.45, 7) is 0. The van der Waals surface area contributed by atoms with Gasteiger partial charge in [-0.15, -0.1) is 11.3 Å². The van der Waals surface area contributed by atoms with Crippen molar-refractivity contribution in [2.45, 2.75) is 0 Å². The van der Waals surface area contributed by atoms with Gasteiger partial charge in [-0.2, -0.15) is 0 Å². The summed E-state index contributed by atoms with van der Waals surface area (Å²) in [5.74, 6) is 0.663. The Kier molecular flexibility index (Phi) is 3.26. The van der Waals surface area contributed by atoms with Crippen molar-refractivity contribution in [3.63, 3.8) is 0 Å². The number of carbonyl (C=O) groups excluding carboxylic acids is 1. The van der Waals surface area contributed by atoms with Crippen LogP contribution in [0.15, 0.2) is 18.2 Å². The van der Waals surface area contributed by atoms with Gasteiger partial charge in [0.05, 0.1) is 12.1 Å². The SMILES string of the molecule is COc1ccc2sc(C(=O)N(C)C)c(Cl)c2c1. The Morgan fingerprint density at radius 2 is 2.12 bits per heavy atom. The van der Waals surface area contributed by atoms with Crippen molar-refractivity contribution < 1.29 is 9.53 Å². The first-order chi connectivity index (χ1) is 8.04. The Hall–Kier alpha value is -1.26. The fourth-order valence-electron chi connectivity index (χ4n) is 1.51. The Bertz CT molecular complexity index is 577. The molecule has 0 spiro atoms. The minimum absolute atomic E-state index is 0.0739. The number of hydrogen-bond acceptors (Lipinski definition) is 3. The Morgan fingerprint density at radius 3 is 2.71 bits per heavy atom. The van der Waals surface area contributed by atoms with Crippen molar-refractivity contribution in [3.8, 4) is 5.75 Å². The lowest BCUT2D eigenvalue weighted by molar-refractivity contribution is 0.0832. The van der Waals surface area contributed by atoms with E-state index in [2.05, 4.69) is 0 Å². The molecule has 0 N–H and O–H groups in total. The molecule has 0 unspecified atom stereocenters.